The highest BCUT2D eigenvalue weighted by Crippen LogP contribution is 2.49. The Balaban J connectivity index is 1.89. The number of aliphatic imine (C=N–C) groups is 1. The Hall–Kier alpha value is -2.13. The minimum atomic E-state index is -1.23. The summed E-state index contributed by atoms with van der Waals surface area (Å²) >= 11 is 1.25. The summed E-state index contributed by atoms with van der Waals surface area (Å²) in [6.45, 7) is -0.795. The molecule has 4 nitrogen and oxygen atoms in total. The van der Waals surface area contributed by atoms with Gasteiger partial charge in [-0.3, -0.25) is 0 Å². The second kappa shape index (κ2) is 6.79. The van der Waals surface area contributed by atoms with Crippen molar-refractivity contribution in [2.45, 2.75) is 11.6 Å². The predicted octanol–water partition coefficient (Wildman–Crippen LogP) is 3.41. The highest BCUT2D eigenvalue weighted by Gasteiger charge is 2.54. The van der Waals surface area contributed by atoms with Gasteiger partial charge in [0.2, 0.25) is 5.95 Å². The second-order valence-corrected chi connectivity index (χ2v) is 7.52. The summed E-state index contributed by atoms with van der Waals surface area (Å²) in [5.41, 5.74) is 5.04. The normalized spacial score (nSPS) is 27.3. The van der Waals surface area contributed by atoms with Crippen LogP contribution in [-0.4, -0.2) is 35.3 Å². The molecular weight excluding hydrogens is 382 g/mol. The largest absolute Gasteiger partial charge is 0.379 e. The molecule has 3 atom stereocenters. The van der Waals surface area contributed by atoms with Crippen molar-refractivity contribution >= 4 is 16.9 Å². The number of benzene rings is 1. The van der Waals surface area contributed by atoms with Gasteiger partial charge in [0.1, 0.15) is 23.8 Å². The molecular formula is C18H15F4N3OS. The molecule has 0 spiro atoms. The maximum Gasteiger partial charge on any atom is 0.212 e. The summed E-state index contributed by atoms with van der Waals surface area (Å²) in [4.78, 5) is 7.92. The molecule has 2 aromatic rings. The van der Waals surface area contributed by atoms with Crippen molar-refractivity contribution in [3.63, 3.8) is 0 Å². The molecule has 0 saturated carbocycles. The molecule has 0 bridgehead atoms. The fourth-order valence-electron chi connectivity index (χ4n) is 3.66. The standard InChI is InChI=1S/C18H15F4N3OS/c19-5-15-12-7-27-17(23)25-18(12,8-26-15)11-3-10(13(20)4-14(11)21)9-1-2-16(22)24-6-9/h1-4,6,12,15H,5,7-8H2,(H2,23,25)/t12-,15-,18-/m1/s1. The zero-order chi connectivity index (χ0) is 19.2. The lowest BCUT2D eigenvalue weighted by Crippen LogP contribution is -2.42. The highest BCUT2D eigenvalue weighted by atomic mass is 32.2. The summed E-state index contributed by atoms with van der Waals surface area (Å²) in [7, 11) is 0. The maximum absolute atomic E-state index is 14.8. The highest BCUT2D eigenvalue weighted by molar-refractivity contribution is 8.13. The van der Waals surface area contributed by atoms with Gasteiger partial charge in [-0.25, -0.2) is 23.1 Å². The fourth-order valence-corrected chi connectivity index (χ4v) is 4.72. The molecule has 0 amide bonds. The van der Waals surface area contributed by atoms with Crippen LogP contribution in [0.5, 0.6) is 0 Å². The van der Waals surface area contributed by atoms with E-state index < -0.39 is 41.8 Å². The van der Waals surface area contributed by atoms with Crippen LogP contribution >= 0.6 is 11.8 Å². The van der Waals surface area contributed by atoms with E-state index >= 15 is 0 Å². The lowest BCUT2D eigenvalue weighted by molar-refractivity contribution is 0.0721. The number of nitrogens with zero attached hydrogens (tertiary/aromatic N) is 2. The molecule has 4 rings (SSSR count). The van der Waals surface area contributed by atoms with E-state index in [4.69, 9.17) is 10.5 Å². The molecule has 1 aromatic carbocycles. The summed E-state index contributed by atoms with van der Waals surface area (Å²) < 4.78 is 61.2. The Bertz CT molecular complexity index is 908. The smallest absolute Gasteiger partial charge is 0.212 e. The number of nitrogens with two attached hydrogens (primary N) is 1. The van der Waals surface area contributed by atoms with Crippen LogP contribution < -0.4 is 5.73 Å². The van der Waals surface area contributed by atoms with Crippen LogP contribution in [0.4, 0.5) is 17.6 Å². The first kappa shape index (κ1) is 18.2. The molecule has 0 unspecified atom stereocenters. The SMILES string of the molecule is NC1=N[C@@]2(c3cc(-c4ccc(F)nc4)c(F)cc3F)CO[C@H](CF)[C@H]2CS1. The average molecular weight is 397 g/mol. The number of amidine groups is 1. The molecule has 3 heterocycles. The van der Waals surface area contributed by atoms with E-state index in [0.29, 0.717) is 5.75 Å². The quantitative estimate of drug-likeness (QED) is 0.637. The molecule has 2 aliphatic rings. The minimum Gasteiger partial charge on any atom is -0.379 e. The molecule has 1 saturated heterocycles. The molecule has 9 heteroatoms. The molecule has 2 aliphatic heterocycles. The molecule has 1 aromatic heterocycles. The summed E-state index contributed by atoms with van der Waals surface area (Å²) in [5, 5.41) is 0.239. The zero-order valence-corrected chi connectivity index (χ0v) is 14.8. The van der Waals surface area contributed by atoms with Crippen LogP contribution in [0, 0.1) is 23.5 Å². The molecule has 27 heavy (non-hydrogen) atoms. The molecule has 0 radical (unpaired) electrons. The van der Waals surface area contributed by atoms with Crippen LogP contribution in [-0.2, 0) is 10.3 Å². The second-order valence-electron chi connectivity index (χ2n) is 6.48. The monoisotopic (exact) mass is 397 g/mol. The Morgan fingerprint density at radius 2 is 2.04 bits per heavy atom. The molecule has 1 fully saturated rings. The van der Waals surface area contributed by atoms with Crippen molar-refractivity contribution in [3.8, 4) is 11.1 Å². The number of alkyl halides is 1. The number of ether oxygens (including phenoxy) is 1. The number of hydrogen-bond acceptors (Lipinski definition) is 5. The first-order chi connectivity index (χ1) is 12.9. The zero-order valence-electron chi connectivity index (χ0n) is 14.0. The third kappa shape index (κ3) is 2.98. The number of pyridine rings is 1. The van der Waals surface area contributed by atoms with Gasteiger partial charge in [0.25, 0.3) is 0 Å². The van der Waals surface area contributed by atoms with E-state index in [2.05, 4.69) is 9.98 Å². The van der Waals surface area contributed by atoms with E-state index in [1.54, 1.807) is 0 Å². The van der Waals surface area contributed by atoms with Gasteiger partial charge >= 0.3 is 0 Å². The fraction of sp³-hybridized carbons (Fsp3) is 0.333. The number of aromatic nitrogens is 1. The number of rotatable bonds is 3. The van der Waals surface area contributed by atoms with Crippen molar-refractivity contribution in [3.05, 3.63) is 53.6 Å². The van der Waals surface area contributed by atoms with Crippen molar-refractivity contribution in [1.29, 1.82) is 0 Å². The van der Waals surface area contributed by atoms with Crippen LogP contribution in [0.25, 0.3) is 11.1 Å². The van der Waals surface area contributed by atoms with E-state index in [1.807, 2.05) is 0 Å². The Morgan fingerprint density at radius 3 is 2.74 bits per heavy atom. The average Bonchev–Trinajstić information content (AvgIpc) is 3.01. The van der Waals surface area contributed by atoms with Gasteiger partial charge in [-0.15, -0.1) is 0 Å². The van der Waals surface area contributed by atoms with E-state index in [0.717, 1.165) is 18.3 Å². The number of thioether (sulfide) groups is 1. The van der Waals surface area contributed by atoms with Crippen LogP contribution in [0.1, 0.15) is 5.56 Å². The van der Waals surface area contributed by atoms with Crippen LogP contribution in [0.2, 0.25) is 0 Å². The molecule has 142 valence electrons. The van der Waals surface area contributed by atoms with Crippen molar-refractivity contribution < 1.29 is 22.3 Å². The van der Waals surface area contributed by atoms with Gasteiger partial charge < -0.3 is 10.5 Å². The maximum atomic E-state index is 14.8. The van der Waals surface area contributed by atoms with E-state index in [9.17, 15) is 17.6 Å². The summed E-state index contributed by atoms with van der Waals surface area (Å²) in [6, 6.07) is 4.49. The van der Waals surface area contributed by atoms with Crippen molar-refractivity contribution in [2.75, 3.05) is 19.0 Å². The minimum absolute atomic E-state index is 0.0442. The third-order valence-corrected chi connectivity index (χ3v) is 5.93. The first-order valence-electron chi connectivity index (χ1n) is 8.22. The Kier molecular flexibility index (Phi) is 4.59. The van der Waals surface area contributed by atoms with Crippen LogP contribution in [0.3, 0.4) is 0 Å². The van der Waals surface area contributed by atoms with E-state index in [-0.39, 0.29) is 28.5 Å². The Labute approximate surface area is 156 Å². The lowest BCUT2D eigenvalue weighted by atomic mass is 9.78. The molecule has 0 aliphatic carbocycles. The van der Waals surface area contributed by atoms with Gasteiger partial charge in [0.05, 0.1) is 12.7 Å². The number of halogens is 4. The summed E-state index contributed by atoms with van der Waals surface area (Å²) in [6.07, 6.45) is 0.420. The van der Waals surface area contributed by atoms with Crippen LogP contribution in [0.15, 0.2) is 35.5 Å². The topological polar surface area (TPSA) is 60.5 Å². The first-order valence-corrected chi connectivity index (χ1v) is 9.20. The van der Waals surface area contributed by atoms with E-state index in [1.165, 1.54) is 23.9 Å². The van der Waals surface area contributed by atoms with Gasteiger partial charge in [-0.1, -0.05) is 11.8 Å². The van der Waals surface area contributed by atoms with Crippen molar-refractivity contribution in [1.82, 2.24) is 4.98 Å². The van der Waals surface area contributed by atoms with Gasteiger partial charge in [0, 0.05) is 40.6 Å². The third-order valence-electron chi connectivity index (χ3n) is 5.01. The van der Waals surface area contributed by atoms with Crippen molar-refractivity contribution in [2.24, 2.45) is 16.6 Å². The number of hydrogen-bond donors (Lipinski definition) is 1. The van der Waals surface area contributed by atoms with Gasteiger partial charge in [-0.05, 0) is 18.2 Å². The van der Waals surface area contributed by atoms with Gasteiger partial charge in [-0.2, -0.15) is 4.39 Å². The molecule has 2 N–H and O–H groups in total. The lowest BCUT2D eigenvalue weighted by Gasteiger charge is -2.35. The predicted molar refractivity (Wildman–Crippen MR) is 94.5 cm³/mol. The number of fused-ring (bicyclic) bond motifs is 1. The summed E-state index contributed by atoms with van der Waals surface area (Å²) in [5.74, 6) is -2.38. The van der Waals surface area contributed by atoms with Gasteiger partial charge in [0.15, 0.2) is 5.17 Å². The Morgan fingerprint density at radius 1 is 1.22 bits per heavy atom.